The van der Waals surface area contributed by atoms with Gasteiger partial charge in [0.2, 0.25) is 4.77 Å². The predicted molar refractivity (Wildman–Crippen MR) is 108 cm³/mol. The minimum absolute atomic E-state index is 0.0778. The van der Waals surface area contributed by atoms with Gasteiger partial charge in [-0.3, -0.25) is 0 Å². The number of aromatic nitrogens is 3. The molecule has 0 aliphatic carbocycles. The van der Waals surface area contributed by atoms with E-state index < -0.39 is 0 Å². The van der Waals surface area contributed by atoms with Gasteiger partial charge in [-0.1, -0.05) is 47.5 Å². The van der Waals surface area contributed by atoms with Crippen molar-refractivity contribution >= 4 is 41.6 Å². The van der Waals surface area contributed by atoms with Gasteiger partial charge < -0.3 is 4.74 Å². The maximum absolute atomic E-state index is 6.20. The summed E-state index contributed by atoms with van der Waals surface area (Å²) in [5, 5.41) is 12.3. The van der Waals surface area contributed by atoms with Gasteiger partial charge in [0.05, 0.1) is 22.4 Å². The van der Waals surface area contributed by atoms with Crippen molar-refractivity contribution in [3.05, 3.63) is 62.8 Å². The van der Waals surface area contributed by atoms with Crippen LogP contribution < -0.4 is 4.74 Å². The molecule has 8 heteroatoms. The fraction of sp³-hybridized carbons (Fsp3) is 0.167. The van der Waals surface area contributed by atoms with Crippen molar-refractivity contribution in [1.82, 2.24) is 14.9 Å². The highest BCUT2D eigenvalue weighted by Crippen LogP contribution is 2.25. The zero-order chi connectivity index (χ0) is 18.7. The van der Waals surface area contributed by atoms with Crippen LogP contribution in [0.1, 0.15) is 19.4 Å². The van der Waals surface area contributed by atoms with Gasteiger partial charge in [0.15, 0.2) is 5.82 Å². The fourth-order valence-corrected chi connectivity index (χ4v) is 2.84. The standard InChI is InChI=1S/C18H16Cl2N4OS/c1-11(2)25-14-7-3-5-12(9-14)17-22-23-18(26)24(17)21-10-13-6-4-8-15(19)16(13)20/h3-11H,1-2H3,(H,23,26). The molecule has 1 aromatic heterocycles. The third kappa shape index (κ3) is 4.15. The lowest BCUT2D eigenvalue weighted by atomic mass is 10.2. The summed E-state index contributed by atoms with van der Waals surface area (Å²) < 4.78 is 7.63. The average molecular weight is 407 g/mol. The van der Waals surface area contributed by atoms with Crippen molar-refractivity contribution in [2.45, 2.75) is 20.0 Å². The Kier molecular flexibility index (Phi) is 5.76. The molecule has 0 spiro atoms. The summed E-state index contributed by atoms with van der Waals surface area (Å²) in [4.78, 5) is 0. The highest BCUT2D eigenvalue weighted by atomic mass is 35.5. The van der Waals surface area contributed by atoms with E-state index in [-0.39, 0.29) is 6.10 Å². The van der Waals surface area contributed by atoms with E-state index in [1.165, 1.54) is 4.68 Å². The van der Waals surface area contributed by atoms with Gasteiger partial charge in [-0.2, -0.15) is 14.9 Å². The zero-order valence-corrected chi connectivity index (χ0v) is 16.4. The summed E-state index contributed by atoms with van der Waals surface area (Å²) >= 11 is 17.5. The first-order valence-electron chi connectivity index (χ1n) is 7.88. The topological polar surface area (TPSA) is 55.2 Å². The van der Waals surface area contributed by atoms with Crippen LogP contribution in [0.3, 0.4) is 0 Å². The van der Waals surface area contributed by atoms with Crippen molar-refractivity contribution in [1.29, 1.82) is 0 Å². The molecular weight excluding hydrogens is 391 g/mol. The van der Waals surface area contributed by atoms with Gasteiger partial charge in [0.1, 0.15) is 5.75 Å². The molecule has 0 fully saturated rings. The minimum atomic E-state index is 0.0778. The number of aromatic amines is 1. The Labute approximate surface area is 166 Å². The summed E-state index contributed by atoms with van der Waals surface area (Å²) in [7, 11) is 0. The van der Waals surface area contributed by atoms with Crippen LogP contribution in [0.5, 0.6) is 5.75 Å². The van der Waals surface area contributed by atoms with Crippen LogP contribution in [0.2, 0.25) is 10.0 Å². The summed E-state index contributed by atoms with van der Waals surface area (Å²) in [5.41, 5.74) is 1.51. The Morgan fingerprint density at radius 1 is 1.23 bits per heavy atom. The van der Waals surface area contributed by atoms with Gasteiger partial charge in [0, 0.05) is 11.1 Å². The van der Waals surface area contributed by atoms with E-state index in [0.29, 0.717) is 26.2 Å². The van der Waals surface area contributed by atoms with Crippen LogP contribution in [0, 0.1) is 4.77 Å². The number of hydrogen-bond donors (Lipinski definition) is 1. The number of ether oxygens (including phenoxy) is 1. The first-order chi connectivity index (χ1) is 12.5. The third-order valence-corrected chi connectivity index (χ3v) is 4.51. The smallest absolute Gasteiger partial charge is 0.216 e. The van der Waals surface area contributed by atoms with Crippen LogP contribution in [-0.4, -0.2) is 27.2 Å². The molecule has 5 nitrogen and oxygen atoms in total. The second-order valence-electron chi connectivity index (χ2n) is 5.75. The molecule has 0 bridgehead atoms. The largest absolute Gasteiger partial charge is 0.491 e. The van der Waals surface area contributed by atoms with Crippen LogP contribution in [-0.2, 0) is 0 Å². The molecule has 2 aromatic carbocycles. The summed E-state index contributed by atoms with van der Waals surface area (Å²) in [6.07, 6.45) is 1.67. The fourth-order valence-electron chi connectivity index (χ4n) is 2.31. The highest BCUT2D eigenvalue weighted by molar-refractivity contribution is 7.71. The van der Waals surface area contributed by atoms with E-state index in [9.17, 15) is 0 Å². The molecule has 0 atom stereocenters. The molecule has 0 saturated carbocycles. The minimum Gasteiger partial charge on any atom is -0.491 e. The molecule has 134 valence electrons. The van der Waals surface area contributed by atoms with E-state index in [1.807, 2.05) is 44.2 Å². The monoisotopic (exact) mass is 406 g/mol. The van der Waals surface area contributed by atoms with Gasteiger partial charge >= 0.3 is 0 Å². The molecule has 1 N–H and O–H groups in total. The Morgan fingerprint density at radius 3 is 2.77 bits per heavy atom. The predicted octanol–water partition coefficient (Wildman–Crippen LogP) is 5.58. The molecule has 0 unspecified atom stereocenters. The molecule has 0 saturated heterocycles. The number of halogens is 2. The molecule has 0 aliphatic rings. The molecule has 0 aliphatic heterocycles. The lowest BCUT2D eigenvalue weighted by molar-refractivity contribution is 0.242. The van der Waals surface area contributed by atoms with Crippen molar-refractivity contribution in [3.8, 4) is 17.1 Å². The number of rotatable bonds is 5. The summed E-state index contributed by atoms with van der Waals surface area (Å²) in [6, 6.07) is 12.9. The summed E-state index contributed by atoms with van der Waals surface area (Å²) in [5.74, 6) is 1.32. The van der Waals surface area contributed by atoms with Crippen molar-refractivity contribution in [3.63, 3.8) is 0 Å². The molecule has 26 heavy (non-hydrogen) atoms. The second-order valence-corrected chi connectivity index (χ2v) is 6.92. The maximum Gasteiger partial charge on any atom is 0.216 e. The molecule has 3 aromatic rings. The van der Waals surface area contributed by atoms with E-state index in [2.05, 4.69) is 15.3 Å². The van der Waals surface area contributed by atoms with Crippen molar-refractivity contribution in [2.24, 2.45) is 5.10 Å². The number of nitrogens with zero attached hydrogens (tertiary/aromatic N) is 3. The third-order valence-electron chi connectivity index (χ3n) is 3.41. The van der Waals surface area contributed by atoms with Crippen LogP contribution in [0.25, 0.3) is 11.4 Å². The van der Waals surface area contributed by atoms with Gasteiger partial charge in [-0.25, -0.2) is 5.10 Å². The Hall–Kier alpha value is -2.15. The Morgan fingerprint density at radius 2 is 2.00 bits per heavy atom. The first kappa shape index (κ1) is 18.6. The lowest BCUT2D eigenvalue weighted by Crippen LogP contribution is -2.05. The van der Waals surface area contributed by atoms with Crippen LogP contribution >= 0.6 is 35.4 Å². The number of hydrogen-bond acceptors (Lipinski definition) is 4. The molecule has 0 radical (unpaired) electrons. The lowest BCUT2D eigenvalue weighted by Gasteiger charge is -2.10. The van der Waals surface area contributed by atoms with E-state index in [4.69, 9.17) is 40.2 Å². The van der Waals surface area contributed by atoms with E-state index in [1.54, 1.807) is 18.3 Å². The van der Waals surface area contributed by atoms with Gasteiger partial charge in [-0.05, 0) is 44.3 Å². The Balaban J connectivity index is 1.99. The molecule has 0 amide bonds. The average Bonchev–Trinajstić information content (AvgIpc) is 2.97. The number of benzene rings is 2. The maximum atomic E-state index is 6.20. The van der Waals surface area contributed by atoms with Crippen molar-refractivity contribution < 1.29 is 4.74 Å². The Bertz CT molecular complexity index is 1010. The molecule has 3 rings (SSSR count). The van der Waals surface area contributed by atoms with Crippen molar-refractivity contribution in [2.75, 3.05) is 0 Å². The number of H-pyrrole nitrogens is 1. The zero-order valence-electron chi connectivity index (χ0n) is 14.1. The van der Waals surface area contributed by atoms with Crippen LogP contribution in [0.15, 0.2) is 47.6 Å². The molecular formula is C18H16Cl2N4OS. The highest BCUT2D eigenvalue weighted by Gasteiger charge is 2.10. The first-order valence-corrected chi connectivity index (χ1v) is 9.05. The van der Waals surface area contributed by atoms with Gasteiger partial charge in [0.25, 0.3) is 0 Å². The molecule has 1 heterocycles. The SMILES string of the molecule is CC(C)Oc1cccc(-c2n[nH]c(=S)n2N=Cc2cccc(Cl)c2Cl)c1. The van der Waals surface area contributed by atoms with E-state index >= 15 is 0 Å². The van der Waals surface area contributed by atoms with Gasteiger partial charge in [-0.15, -0.1) is 0 Å². The second kappa shape index (κ2) is 8.03. The van der Waals surface area contributed by atoms with E-state index in [0.717, 1.165) is 11.3 Å². The summed E-state index contributed by atoms with van der Waals surface area (Å²) in [6.45, 7) is 3.95. The quantitative estimate of drug-likeness (QED) is 0.444. The normalized spacial score (nSPS) is 11.4. The van der Waals surface area contributed by atoms with Crippen LogP contribution in [0.4, 0.5) is 0 Å². The number of nitrogens with one attached hydrogen (secondary N) is 1.